The maximum atomic E-state index is 4.19. The van der Waals surface area contributed by atoms with Gasteiger partial charge in [-0.1, -0.05) is 42.3 Å². The Morgan fingerprint density at radius 2 is 1.95 bits per heavy atom. The largest absolute Gasteiger partial charge is 0.296 e. The van der Waals surface area contributed by atoms with Gasteiger partial charge in [-0.05, 0) is 56.4 Å². The molecule has 0 atom stereocenters. The van der Waals surface area contributed by atoms with E-state index >= 15 is 0 Å². The van der Waals surface area contributed by atoms with Crippen molar-refractivity contribution >= 4 is 11.8 Å². The Morgan fingerprint density at radius 3 is 2.47 bits per heavy atom. The van der Waals surface area contributed by atoms with Gasteiger partial charge in [0.05, 0.1) is 0 Å². The first kappa shape index (κ1) is 15.4. The fourth-order valence-electron chi connectivity index (χ4n) is 2.24. The molecule has 0 aliphatic heterocycles. The highest BCUT2D eigenvalue weighted by atomic mass is 14.6. The van der Waals surface area contributed by atoms with Crippen LogP contribution in [-0.2, 0) is 0 Å². The molecule has 0 aliphatic rings. The maximum Gasteiger partial charge on any atom is 0.0284 e. The monoisotopic (exact) mass is 255 g/mol. The maximum absolute atomic E-state index is 4.19. The molecule has 0 heterocycles. The van der Waals surface area contributed by atoms with E-state index < -0.39 is 0 Å². The SMILES string of the molecule is C/C=C(\C=NC)C(=C(C)CC)c1cc(C)ccc1C. The predicted molar refractivity (Wildman–Crippen MR) is 87.0 cm³/mol. The molecule has 0 saturated heterocycles. The molecule has 19 heavy (non-hydrogen) atoms. The number of hydrogen-bond donors (Lipinski definition) is 0. The molecule has 0 fully saturated rings. The summed E-state index contributed by atoms with van der Waals surface area (Å²) in [5.41, 5.74) is 7.88. The van der Waals surface area contributed by atoms with Crippen LogP contribution in [0.1, 0.15) is 43.9 Å². The van der Waals surface area contributed by atoms with Crippen LogP contribution in [0, 0.1) is 13.8 Å². The van der Waals surface area contributed by atoms with E-state index in [2.05, 4.69) is 63.9 Å². The number of aryl methyl sites for hydroxylation is 2. The summed E-state index contributed by atoms with van der Waals surface area (Å²) in [5.74, 6) is 0. The Balaban J connectivity index is 3.55. The van der Waals surface area contributed by atoms with Crippen molar-refractivity contribution in [1.29, 1.82) is 0 Å². The van der Waals surface area contributed by atoms with Crippen LogP contribution in [0.5, 0.6) is 0 Å². The first-order chi connectivity index (χ1) is 9.04. The standard InChI is InChI=1S/C18H25N/c1-7-14(4)18(16(8-2)12-19-6)17-11-13(3)9-10-15(17)5/h8-12H,7H2,1-6H3/b16-8+,18-14?,19-12?. The molecule has 102 valence electrons. The summed E-state index contributed by atoms with van der Waals surface area (Å²) in [7, 11) is 1.82. The van der Waals surface area contributed by atoms with Gasteiger partial charge in [0.2, 0.25) is 0 Å². The summed E-state index contributed by atoms with van der Waals surface area (Å²) in [6, 6.07) is 6.64. The van der Waals surface area contributed by atoms with E-state index in [1.165, 1.54) is 33.4 Å². The summed E-state index contributed by atoms with van der Waals surface area (Å²) in [4.78, 5) is 4.19. The van der Waals surface area contributed by atoms with Crippen molar-refractivity contribution in [2.24, 2.45) is 4.99 Å². The molecular weight excluding hydrogens is 230 g/mol. The third-order valence-electron chi connectivity index (χ3n) is 3.49. The van der Waals surface area contributed by atoms with Crippen molar-refractivity contribution in [3.63, 3.8) is 0 Å². The Labute approximate surface area is 117 Å². The van der Waals surface area contributed by atoms with Crippen LogP contribution in [-0.4, -0.2) is 13.3 Å². The zero-order valence-corrected chi connectivity index (χ0v) is 13.0. The fraction of sp³-hybridized carbons (Fsp3) is 0.389. The smallest absolute Gasteiger partial charge is 0.0284 e. The van der Waals surface area contributed by atoms with Crippen LogP contribution in [0.25, 0.3) is 5.57 Å². The van der Waals surface area contributed by atoms with Gasteiger partial charge in [0.25, 0.3) is 0 Å². The van der Waals surface area contributed by atoms with Crippen molar-refractivity contribution < 1.29 is 0 Å². The Kier molecular flexibility index (Phi) is 5.75. The van der Waals surface area contributed by atoms with Crippen LogP contribution in [0.15, 0.2) is 40.4 Å². The van der Waals surface area contributed by atoms with Gasteiger partial charge in [0.15, 0.2) is 0 Å². The molecule has 1 aromatic carbocycles. The van der Waals surface area contributed by atoms with Gasteiger partial charge >= 0.3 is 0 Å². The average Bonchev–Trinajstić information content (AvgIpc) is 2.41. The molecule has 0 aromatic heterocycles. The van der Waals surface area contributed by atoms with Crippen LogP contribution < -0.4 is 0 Å². The quantitative estimate of drug-likeness (QED) is 0.522. The lowest BCUT2D eigenvalue weighted by Gasteiger charge is -2.16. The minimum atomic E-state index is 1.05. The van der Waals surface area contributed by atoms with Gasteiger partial charge in [-0.2, -0.15) is 0 Å². The van der Waals surface area contributed by atoms with Crippen molar-refractivity contribution in [2.45, 2.75) is 41.0 Å². The molecule has 1 rings (SSSR count). The van der Waals surface area contributed by atoms with Crippen molar-refractivity contribution in [2.75, 3.05) is 7.05 Å². The van der Waals surface area contributed by atoms with Gasteiger partial charge in [0, 0.05) is 13.3 Å². The molecule has 1 aromatic rings. The number of hydrogen-bond acceptors (Lipinski definition) is 1. The lowest BCUT2D eigenvalue weighted by atomic mass is 9.89. The van der Waals surface area contributed by atoms with Crippen LogP contribution >= 0.6 is 0 Å². The van der Waals surface area contributed by atoms with Gasteiger partial charge in [-0.25, -0.2) is 0 Å². The van der Waals surface area contributed by atoms with Gasteiger partial charge in [-0.15, -0.1) is 0 Å². The number of allylic oxidation sites excluding steroid dienone is 4. The van der Waals surface area contributed by atoms with E-state index in [9.17, 15) is 0 Å². The van der Waals surface area contributed by atoms with E-state index in [4.69, 9.17) is 0 Å². The normalized spacial score (nSPS) is 13.9. The number of rotatable bonds is 4. The molecule has 0 unspecified atom stereocenters. The predicted octanol–water partition coefficient (Wildman–Crippen LogP) is 5.13. The second-order valence-electron chi connectivity index (χ2n) is 4.96. The summed E-state index contributed by atoms with van der Waals surface area (Å²) in [5, 5.41) is 0. The second-order valence-corrected chi connectivity index (χ2v) is 4.96. The third kappa shape index (κ3) is 3.66. The van der Waals surface area contributed by atoms with Crippen molar-refractivity contribution in [3.8, 4) is 0 Å². The molecule has 0 amide bonds. The third-order valence-corrected chi connectivity index (χ3v) is 3.49. The average molecular weight is 255 g/mol. The molecule has 1 nitrogen and oxygen atoms in total. The number of aliphatic imine (C=N–C) groups is 1. The molecule has 0 radical (unpaired) electrons. The topological polar surface area (TPSA) is 12.4 Å². The van der Waals surface area contributed by atoms with E-state index in [1.807, 2.05) is 13.3 Å². The van der Waals surface area contributed by atoms with Crippen LogP contribution in [0.3, 0.4) is 0 Å². The Hall–Kier alpha value is -1.63. The molecule has 0 bridgehead atoms. The summed E-state index contributed by atoms with van der Waals surface area (Å²) < 4.78 is 0. The van der Waals surface area contributed by atoms with Crippen LogP contribution in [0.2, 0.25) is 0 Å². The summed E-state index contributed by atoms with van der Waals surface area (Å²) in [6.45, 7) is 10.8. The minimum Gasteiger partial charge on any atom is -0.296 e. The zero-order chi connectivity index (χ0) is 14.4. The lowest BCUT2D eigenvalue weighted by molar-refractivity contribution is 1.10. The van der Waals surface area contributed by atoms with Gasteiger partial charge in [0.1, 0.15) is 0 Å². The van der Waals surface area contributed by atoms with Gasteiger partial charge < -0.3 is 0 Å². The minimum absolute atomic E-state index is 1.05. The van der Waals surface area contributed by atoms with Crippen LogP contribution in [0.4, 0.5) is 0 Å². The van der Waals surface area contributed by atoms with E-state index in [-0.39, 0.29) is 0 Å². The number of nitrogens with zero attached hydrogens (tertiary/aromatic N) is 1. The molecular formula is C18H25N. The summed E-state index contributed by atoms with van der Waals surface area (Å²) in [6.07, 6.45) is 5.15. The fourth-order valence-corrected chi connectivity index (χ4v) is 2.24. The Bertz CT molecular complexity index is 531. The van der Waals surface area contributed by atoms with Gasteiger partial charge in [-0.3, -0.25) is 4.99 Å². The molecule has 0 spiro atoms. The highest BCUT2D eigenvalue weighted by Crippen LogP contribution is 2.30. The molecule has 0 aliphatic carbocycles. The molecule has 0 N–H and O–H groups in total. The molecule has 0 saturated carbocycles. The highest BCUT2D eigenvalue weighted by molar-refractivity contribution is 6.02. The second kappa shape index (κ2) is 7.08. The highest BCUT2D eigenvalue weighted by Gasteiger charge is 2.11. The van der Waals surface area contributed by atoms with E-state index in [0.717, 1.165) is 6.42 Å². The molecule has 1 heteroatoms. The first-order valence-corrected chi connectivity index (χ1v) is 6.91. The zero-order valence-electron chi connectivity index (χ0n) is 13.0. The first-order valence-electron chi connectivity index (χ1n) is 6.91. The van der Waals surface area contributed by atoms with E-state index in [1.54, 1.807) is 0 Å². The van der Waals surface area contributed by atoms with Crippen molar-refractivity contribution in [1.82, 2.24) is 0 Å². The Morgan fingerprint density at radius 1 is 1.26 bits per heavy atom. The lowest BCUT2D eigenvalue weighted by Crippen LogP contribution is -1.98. The van der Waals surface area contributed by atoms with Crippen molar-refractivity contribution in [3.05, 3.63) is 52.1 Å². The van der Waals surface area contributed by atoms with E-state index in [0.29, 0.717) is 0 Å². The number of benzene rings is 1. The summed E-state index contributed by atoms with van der Waals surface area (Å²) >= 11 is 0.